The highest BCUT2D eigenvalue weighted by Crippen LogP contribution is 2.34. The second-order valence-corrected chi connectivity index (χ2v) is 13.0. The van der Waals surface area contributed by atoms with Crippen LogP contribution in [0.4, 0.5) is 4.79 Å². The lowest BCUT2D eigenvalue weighted by Gasteiger charge is -2.29. The lowest BCUT2D eigenvalue weighted by atomic mass is 9.82. The molecule has 0 heterocycles. The summed E-state index contributed by atoms with van der Waals surface area (Å²) in [5.41, 5.74) is 2.20. The van der Waals surface area contributed by atoms with E-state index in [4.69, 9.17) is 27.9 Å². The van der Waals surface area contributed by atoms with E-state index >= 15 is 0 Å². The van der Waals surface area contributed by atoms with Gasteiger partial charge in [-0.2, -0.15) is 0 Å². The molecule has 0 aliphatic heterocycles. The maximum Gasteiger partial charge on any atom is 0.500 e. The largest absolute Gasteiger partial charge is 0.500 e. The summed E-state index contributed by atoms with van der Waals surface area (Å²) in [6.45, 7) is 9.11. The number of unbranched alkanes of at least 4 members (excludes halogenated alkanes) is 3. The van der Waals surface area contributed by atoms with Crippen LogP contribution in [0.1, 0.15) is 95.6 Å². The van der Waals surface area contributed by atoms with E-state index < -0.39 is 14.8 Å². The number of hydrogen-bond acceptors (Lipinski definition) is 7. The highest BCUT2D eigenvalue weighted by molar-refractivity contribution is 6.60. The van der Waals surface area contributed by atoms with Gasteiger partial charge in [0.05, 0.1) is 12.7 Å². The Kier molecular flexibility index (Phi) is 17.6. The predicted octanol–water partition coefficient (Wildman–Crippen LogP) is 6.55. The standard InChI is InChI=1S/C31H51NO8Si/c1-4-38-41(39-5-2,40-6-3)24-12-21-32-31(35)37-23-10-8-7-9-22-36-29-18-16-27(17-19-29)28-14-11-13-26(25-28)15-20-30(33)34/h11,13-15,20,25,27,29H,4-10,12,16-19,21-24H2,1-3H3,(H,32,35)(H,33,34)/b20-15+/t27-,29-. The van der Waals surface area contributed by atoms with Crippen LogP contribution in [0.25, 0.3) is 6.08 Å². The van der Waals surface area contributed by atoms with Crippen molar-refractivity contribution in [3.63, 3.8) is 0 Å². The van der Waals surface area contributed by atoms with E-state index in [0.29, 0.717) is 57.5 Å². The minimum atomic E-state index is -2.67. The molecule has 0 bridgehead atoms. The third-order valence-corrected chi connectivity index (χ3v) is 10.3. The van der Waals surface area contributed by atoms with Gasteiger partial charge in [-0.05, 0) is 95.3 Å². The molecule has 9 nitrogen and oxygen atoms in total. The Morgan fingerprint density at radius 2 is 1.59 bits per heavy atom. The first-order valence-corrected chi connectivity index (χ1v) is 17.3. The highest BCUT2D eigenvalue weighted by atomic mass is 28.4. The van der Waals surface area contributed by atoms with Crippen molar-refractivity contribution in [3.05, 3.63) is 41.5 Å². The van der Waals surface area contributed by atoms with E-state index in [1.54, 1.807) is 6.08 Å². The molecule has 1 aromatic rings. The molecule has 1 aromatic carbocycles. The van der Waals surface area contributed by atoms with Crippen LogP contribution < -0.4 is 5.32 Å². The lowest BCUT2D eigenvalue weighted by molar-refractivity contribution is -0.131. The summed E-state index contributed by atoms with van der Waals surface area (Å²) in [6.07, 6.45) is 11.6. The number of alkyl carbamates (subject to hydrolysis) is 1. The molecule has 10 heteroatoms. The van der Waals surface area contributed by atoms with Crippen molar-refractivity contribution in [2.45, 2.75) is 96.6 Å². The summed E-state index contributed by atoms with van der Waals surface area (Å²) >= 11 is 0. The fourth-order valence-electron chi connectivity index (χ4n) is 5.17. The number of ether oxygens (including phenoxy) is 2. The number of amides is 1. The summed E-state index contributed by atoms with van der Waals surface area (Å²) in [5.74, 6) is -0.431. The number of benzene rings is 1. The molecule has 1 aliphatic rings. The quantitative estimate of drug-likeness (QED) is 0.0937. The van der Waals surface area contributed by atoms with Crippen molar-refractivity contribution < 1.29 is 37.4 Å². The number of aliphatic carboxylic acids is 1. The topological polar surface area (TPSA) is 113 Å². The SMILES string of the molecule is CCO[Si](CCCNC(=O)OCCCCCCO[C@H]1CC[C@H](c2cccc(/C=C/C(=O)O)c2)CC1)(OCC)OCC. The fraction of sp³-hybridized carbons (Fsp3) is 0.677. The maximum absolute atomic E-state index is 12.0. The van der Waals surface area contributed by atoms with Gasteiger partial charge in [0.25, 0.3) is 0 Å². The molecule has 0 aromatic heterocycles. The zero-order valence-corrected chi connectivity index (χ0v) is 26.2. The molecule has 2 N–H and O–H groups in total. The number of carbonyl (C=O) groups is 2. The van der Waals surface area contributed by atoms with E-state index in [1.165, 1.54) is 11.6 Å². The van der Waals surface area contributed by atoms with Crippen molar-refractivity contribution in [1.82, 2.24) is 5.32 Å². The number of carbonyl (C=O) groups excluding carboxylic acids is 1. The molecular formula is C31H51NO8Si. The van der Waals surface area contributed by atoms with Gasteiger partial charge in [-0.25, -0.2) is 9.59 Å². The van der Waals surface area contributed by atoms with Crippen molar-refractivity contribution >= 4 is 26.9 Å². The van der Waals surface area contributed by atoms with Gasteiger partial charge in [0.1, 0.15) is 0 Å². The Bertz CT molecular complexity index is 887. The fourth-order valence-corrected chi connectivity index (χ4v) is 7.78. The molecule has 0 atom stereocenters. The van der Waals surface area contributed by atoms with E-state index in [1.807, 2.05) is 32.9 Å². The van der Waals surface area contributed by atoms with Gasteiger partial charge < -0.3 is 33.2 Å². The van der Waals surface area contributed by atoms with Crippen LogP contribution in [0, 0.1) is 0 Å². The molecule has 2 rings (SSSR count). The summed E-state index contributed by atoms with van der Waals surface area (Å²) in [5, 5.41) is 11.6. The summed E-state index contributed by atoms with van der Waals surface area (Å²) in [7, 11) is -2.67. The number of nitrogens with one attached hydrogen (secondary N) is 1. The van der Waals surface area contributed by atoms with E-state index in [-0.39, 0.29) is 6.09 Å². The molecule has 1 saturated carbocycles. The summed E-state index contributed by atoms with van der Waals surface area (Å²) in [6, 6.07) is 8.83. The van der Waals surface area contributed by atoms with Gasteiger partial charge in [-0.1, -0.05) is 30.7 Å². The average molecular weight is 594 g/mol. The molecule has 0 unspecified atom stereocenters. The first-order chi connectivity index (χ1) is 19.9. The van der Waals surface area contributed by atoms with Crippen molar-refractivity contribution in [1.29, 1.82) is 0 Å². The second-order valence-electron chi connectivity index (χ2n) is 10.2. The van der Waals surface area contributed by atoms with Crippen LogP contribution in [0.15, 0.2) is 30.3 Å². The monoisotopic (exact) mass is 593 g/mol. The third-order valence-electron chi connectivity index (χ3n) is 7.12. The molecule has 41 heavy (non-hydrogen) atoms. The van der Waals surface area contributed by atoms with Gasteiger partial charge in [-0.15, -0.1) is 0 Å². The Morgan fingerprint density at radius 3 is 2.22 bits per heavy atom. The lowest BCUT2D eigenvalue weighted by Crippen LogP contribution is -2.46. The minimum Gasteiger partial charge on any atom is -0.478 e. The third kappa shape index (κ3) is 14.5. The molecule has 232 valence electrons. The van der Waals surface area contributed by atoms with Crippen molar-refractivity contribution in [3.8, 4) is 0 Å². The molecule has 1 amide bonds. The van der Waals surface area contributed by atoms with Gasteiger partial charge >= 0.3 is 20.9 Å². The number of hydrogen-bond donors (Lipinski definition) is 2. The molecule has 0 spiro atoms. The Hall–Kier alpha value is -2.24. The first-order valence-electron chi connectivity index (χ1n) is 15.4. The van der Waals surface area contributed by atoms with E-state index in [2.05, 4.69) is 17.4 Å². The zero-order chi connectivity index (χ0) is 29.8. The minimum absolute atomic E-state index is 0.316. The number of carboxylic acid groups (broad SMARTS) is 1. The van der Waals surface area contributed by atoms with Crippen LogP contribution in [-0.2, 0) is 27.5 Å². The molecule has 1 fully saturated rings. The van der Waals surface area contributed by atoms with E-state index in [0.717, 1.165) is 63.5 Å². The van der Waals surface area contributed by atoms with Gasteiger partial charge in [0.2, 0.25) is 0 Å². The van der Waals surface area contributed by atoms with Crippen molar-refractivity contribution in [2.75, 3.05) is 39.6 Å². The van der Waals surface area contributed by atoms with Gasteiger partial charge in [0.15, 0.2) is 0 Å². The van der Waals surface area contributed by atoms with E-state index in [9.17, 15) is 9.59 Å². The summed E-state index contributed by atoms with van der Waals surface area (Å²) in [4.78, 5) is 22.8. The Balaban J connectivity index is 1.49. The molecule has 0 radical (unpaired) electrons. The maximum atomic E-state index is 12.0. The predicted molar refractivity (Wildman–Crippen MR) is 162 cm³/mol. The van der Waals surface area contributed by atoms with Crippen LogP contribution in [0.5, 0.6) is 0 Å². The van der Waals surface area contributed by atoms with Crippen LogP contribution in [0.2, 0.25) is 6.04 Å². The highest BCUT2D eigenvalue weighted by Gasteiger charge is 2.39. The summed E-state index contributed by atoms with van der Waals surface area (Å²) < 4.78 is 28.9. The Morgan fingerprint density at radius 1 is 0.927 bits per heavy atom. The number of carboxylic acids is 1. The smallest absolute Gasteiger partial charge is 0.478 e. The van der Waals surface area contributed by atoms with Crippen LogP contribution in [0.3, 0.4) is 0 Å². The second kappa shape index (κ2) is 20.6. The first kappa shape index (κ1) is 35.0. The normalized spacial score (nSPS) is 17.5. The average Bonchev–Trinajstić information content (AvgIpc) is 2.96. The van der Waals surface area contributed by atoms with Gasteiger partial charge in [-0.3, -0.25) is 0 Å². The van der Waals surface area contributed by atoms with Gasteiger partial charge in [0, 0.05) is 45.1 Å². The number of rotatable bonds is 21. The zero-order valence-electron chi connectivity index (χ0n) is 25.2. The molecular weight excluding hydrogens is 542 g/mol. The van der Waals surface area contributed by atoms with Crippen LogP contribution >= 0.6 is 0 Å². The Labute approximate surface area is 247 Å². The van der Waals surface area contributed by atoms with Crippen LogP contribution in [-0.4, -0.2) is 71.7 Å². The van der Waals surface area contributed by atoms with Crippen molar-refractivity contribution in [2.24, 2.45) is 0 Å². The molecule has 0 saturated heterocycles. The molecule has 1 aliphatic carbocycles.